The first kappa shape index (κ1) is 31.8. The average Bonchev–Trinajstić information content (AvgIpc) is 3.54. The number of likely N-dealkylation sites (tertiary alicyclic amines) is 1. The van der Waals surface area contributed by atoms with Crippen LogP contribution in [-0.2, 0) is 19.7 Å². The third kappa shape index (κ3) is 5.06. The number of halogens is 3. The van der Waals surface area contributed by atoms with Crippen LogP contribution < -0.4 is 10.4 Å². The lowest BCUT2D eigenvalue weighted by molar-refractivity contribution is -0.980. The van der Waals surface area contributed by atoms with Gasteiger partial charge in [0.05, 0.1) is 16.8 Å². The number of hydrogen-bond acceptors (Lipinski definition) is 6. The number of hydrazone groups is 1. The number of carbonyl (C=O) groups is 2. The number of fused-ring (bicyclic) bond motifs is 2. The number of rotatable bonds is 7. The summed E-state index contributed by atoms with van der Waals surface area (Å²) in [6, 6.07) is 11.8. The van der Waals surface area contributed by atoms with Gasteiger partial charge in [-0.25, -0.2) is 4.59 Å². The molecule has 2 aromatic rings. The maximum absolute atomic E-state index is 14.2. The van der Waals surface area contributed by atoms with Gasteiger partial charge in [0.2, 0.25) is 0 Å². The summed E-state index contributed by atoms with van der Waals surface area (Å²) in [5.41, 5.74) is 2.63. The molecule has 4 aliphatic rings. The van der Waals surface area contributed by atoms with Gasteiger partial charge >= 0.3 is 16.0 Å². The molecule has 1 saturated heterocycles. The lowest BCUT2D eigenvalue weighted by Gasteiger charge is -2.51. The monoisotopic (exact) mass is 681 g/mol. The smallest absolute Gasteiger partial charge is 0.299 e. The van der Waals surface area contributed by atoms with Gasteiger partial charge < -0.3 is 0 Å². The van der Waals surface area contributed by atoms with Gasteiger partial charge in [0.15, 0.2) is 0 Å². The van der Waals surface area contributed by atoms with Crippen molar-refractivity contribution in [3.05, 3.63) is 63.1 Å². The van der Waals surface area contributed by atoms with Crippen molar-refractivity contribution in [2.45, 2.75) is 70.2 Å². The van der Waals surface area contributed by atoms with Crippen LogP contribution >= 0.6 is 34.8 Å². The van der Waals surface area contributed by atoms with E-state index in [4.69, 9.17) is 39.9 Å². The van der Waals surface area contributed by atoms with E-state index in [9.17, 15) is 22.6 Å². The summed E-state index contributed by atoms with van der Waals surface area (Å²) in [5.74, 6) is -0.679. The van der Waals surface area contributed by atoms with Gasteiger partial charge in [0, 0.05) is 22.9 Å². The van der Waals surface area contributed by atoms with Crippen molar-refractivity contribution in [1.29, 1.82) is 0 Å². The average molecular weight is 683 g/mol. The molecule has 9 nitrogen and oxygen atoms in total. The lowest BCUT2D eigenvalue weighted by Crippen LogP contribution is -2.75. The number of anilines is 1. The van der Waals surface area contributed by atoms with Crippen molar-refractivity contribution < 1.29 is 27.2 Å². The Morgan fingerprint density at radius 2 is 1.70 bits per heavy atom. The Kier molecular flexibility index (Phi) is 8.12. The van der Waals surface area contributed by atoms with Crippen LogP contribution in [0.3, 0.4) is 0 Å². The van der Waals surface area contributed by atoms with E-state index in [2.05, 4.69) is 5.43 Å². The predicted molar refractivity (Wildman–Crippen MR) is 171 cm³/mol. The van der Waals surface area contributed by atoms with Gasteiger partial charge in [-0.2, -0.15) is 18.9 Å². The van der Waals surface area contributed by atoms with Crippen LogP contribution in [0.5, 0.6) is 0 Å². The fraction of sp³-hybridized carbons (Fsp3) is 0.516. The molecular formula is C31H36Cl3N4O5S+. The molecule has 2 aliphatic carbocycles. The Morgan fingerprint density at radius 1 is 1.05 bits per heavy atom. The number of hydrogen-bond donors (Lipinski definition) is 2. The fourth-order valence-corrected chi connectivity index (χ4v) is 10.9. The zero-order valence-electron chi connectivity index (χ0n) is 24.6. The number of ketones is 1. The van der Waals surface area contributed by atoms with Crippen LogP contribution in [0.2, 0.25) is 15.1 Å². The van der Waals surface area contributed by atoms with Crippen LogP contribution in [-0.4, -0.2) is 53.4 Å². The summed E-state index contributed by atoms with van der Waals surface area (Å²) in [7, 11) is -4.80. The number of quaternary nitrogens is 1. The topological polar surface area (TPSA) is 116 Å². The minimum atomic E-state index is -4.80. The van der Waals surface area contributed by atoms with E-state index < -0.39 is 42.9 Å². The van der Waals surface area contributed by atoms with Gasteiger partial charge in [-0.15, -0.1) is 0 Å². The largest absolute Gasteiger partial charge is 0.322 e. The Hall–Kier alpha value is -2.21. The van der Waals surface area contributed by atoms with E-state index in [1.165, 1.54) is 0 Å². The first-order valence-corrected chi connectivity index (χ1v) is 17.6. The molecule has 1 amide bonds. The second-order valence-corrected chi connectivity index (χ2v) is 15.9. The van der Waals surface area contributed by atoms with Gasteiger partial charge in [-0.1, -0.05) is 60.8 Å². The van der Waals surface area contributed by atoms with Gasteiger partial charge in [-0.05, 0) is 79.3 Å². The third-order valence-corrected chi connectivity index (χ3v) is 12.8. The zero-order chi connectivity index (χ0) is 31.7. The van der Waals surface area contributed by atoms with Gasteiger partial charge in [0.1, 0.15) is 30.0 Å². The Labute approximate surface area is 272 Å². The number of amides is 1. The Morgan fingerprint density at radius 3 is 2.27 bits per heavy atom. The zero-order valence-corrected chi connectivity index (χ0v) is 27.7. The van der Waals surface area contributed by atoms with Crippen LogP contribution in [0.4, 0.5) is 5.69 Å². The molecule has 2 N–H and O–H groups in total. The van der Waals surface area contributed by atoms with Crippen molar-refractivity contribution in [1.82, 2.24) is 5.43 Å². The molecule has 4 unspecified atom stereocenters. The standard InChI is InChI=1S/C31H35Cl3N4O5S/c1-30(2)20-12-13-31(30,27(39)16-20)29(44(41,42)43)38(14-4-3-5-15-38)36-28(40)24-18-26(19-6-8-21(32)9-7-19)37(35-24)25-11-10-22(33)17-23(25)34/h6-11,17,20,26,29H,3-5,12-16,18H2,1-2H3,(H-,36,40,41,42,43)/p+1. The van der Waals surface area contributed by atoms with E-state index in [-0.39, 0.29) is 43.3 Å². The molecule has 0 radical (unpaired) electrons. The molecule has 236 valence electrons. The number of benzene rings is 2. The van der Waals surface area contributed by atoms with Gasteiger partial charge in [0.25, 0.3) is 5.37 Å². The molecule has 2 saturated carbocycles. The number of piperidine rings is 1. The molecule has 0 aromatic heterocycles. The molecule has 2 aromatic carbocycles. The maximum atomic E-state index is 14.2. The number of carbonyl (C=O) groups excluding carboxylic acids is 2. The Balaban J connectivity index is 1.41. The van der Waals surface area contributed by atoms with Gasteiger partial charge in [-0.3, -0.25) is 19.2 Å². The second-order valence-electron chi connectivity index (χ2n) is 13.2. The number of nitrogens with one attached hydrogen (secondary N) is 1. The highest BCUT2D eigenvalue weighted by atomic mass is 35.5. The number of nitrogens with zero attached hydrogens (tertiary/aromatic N) is 3. The van der Waals surface area contributed by atoms with E-state index in [1.54, 1.807) is 35.3 Å². The van der Waals surface area contributed by atoms with Crippen molar-refractivity contribution >= 4 is 68.0 Å². The van der Waals surface area contributed by atoms with E-state index in [0.29, 0.717) is 46.4 Å². The summed E-state index contributed by atoms with van der Waals surface area (Å²) < 4.78 is 37.5. The minimum absolute atomic E-state index is 0.0248. The van der Waals surface area contributed by atoms with Crippen molar-refractivity contribution in [3.8, 4) is 0 Å². The van der Waals surface area contributed by atoms with Crippen LogP contribution in [0.15, 0.2) is 47.6 Å². The maximum Gasteiger partial charge on any atom is 0.322 e. The first-order chi connectivity index (χ1) is 20.7. The highest BCUT2D eigenvalue weighted by Gasteiger charge is 2.75. The molecule has 0 spiro atoms. The van der Waals surface area contributed by atoms with Crippen molar-refractivity contribution in [2.75, 3.05) is 18.1 Å². The molecule has 4 atom stereocenters. The van der Waals surface area contributed by atoms with E-state index >= 15 is 0 Å². The molecule has 44 heavy (non-hydrogen) atoms. The normalized spacial score (nSPS) is 28.2. The molecule has 3 fully saturated rings. The lowest BCUT2D eigenvalue weighted by atomic mass is 9.68. The second kappa shape index (κ2) is 11.2. The summed E-state index contributed by atoms with van der Waals surface area (Å²) in [5, 5.41) is 6.23. The minimum Gasteiger partial charge on any atom is -0.299 e. The third-order valence-electron chi connectivity index (χ3n) is 10.7. The fourth-order valence-electron chi connectivity index (χ4n) is 8.45. The summed E-state index contributed by atoms with van der Waals surface area (Å²) in [6.45, 7) is 4.40. The highest BCUT2D eigenvalue weighted by Crippen LogP contribution is 2.67. The molecule has 2 heterocycles. The van der Waals surface area contributed by atoms with Crippen molar-refractivity contribution in [2.24, 2.45) is 21.8 Å². The van der Waals surface area contributed by atoms with Crippen molar-refractivity contribution in [3.63, 3.8) is 0 Å². The summed E-state index contributed by atoms with van der Waals surface area (Å²) in [6.07, 6.45) is 3.64. The molecule has 2 aliphatic heterocycles. The SMILES string of the molecule is CC1(C)C2CCC1(C([N+]1(NC(=O)C3=NN(c4ccc(Cl)cc4Cl)C(c4ccc(Cl)cc4)C3)CCCCC1)S(=O)(=O)O)C(=O)C2. The van der Waals surface area contributed by atoms with Crippen LogP contribution in [0.25, 0.3) is 0 Å². The first-order valence-electron chi connectivity index (χ1n) is 15.0. The molecule has 13 heteroatoms. The Bertz CT molecular complexity index is 1640. The highest BCUT2D eigenvalue weighted by molar-refractivity contribution is 7.86. The summed E-state index contributed by atoms with van der Waals surface area (Å²) >= 11 is 18.9. The van der Waals surface area contributed by atoms with E-state index in [0.717, 1.165) is 12.0 Å². The van der Waals surface area contributed by atoms with Crippen LogP contribution in [0, 0.1) is 16.7 Å². The number of Topliss-reactive ketones (excluding diaryl/α,β-unsaturated/α-hetero) is 1. The molecule has 2 bridgehead atoms. The van der Waals surface area contributed by atoms with E-state index in [1.807, 2.05) is 26.0 Å². The quantitative estimate of drug-likeness (QED) is 0.251. The predicted octanol–water partition coefficient (Wildman–Crippen LogP) is 6.60. The molecule has 6 rings (SSSR count). The van der Waals surface area contributed by atoms with Crippen LogP contribution in [0.1, 0.15) is 70.4 Å². The molecular weight excluding hydrogens is 647 g/mol. The summed E-state index contributed by atoms with van der Waals surface area (Å²) in [4.78, 5) is 27.9.